The fourth-order valence-corrected chi connectivity index (χ4v) is 3.04. The predicted octanol–water partition coefficient (Wildman–Crippen LogP) is 1.39. The Balaban J connectivity index is 1.72. The second kappa shape index (κ2) is 11.9. The summed E-state index contributed by atoms with van der Waals surface area (Å²) in [5.41, 5.74) is 1.34. The molecule has 1 aromatic rings. The van der Waals surface area contributed by atoms with E-state index >= 15 is 0 Å². The van der Waals surface area contributed by atoms with E-state index in [9.17, 15) is 0 Å². The number of morpholine rings is 1. The Morgan fingerprint density at radius 1 is 1.23 bits per heavy atom. The zero-order valence-electron chi connectivity index (χ0n) is 16.6. The first-order valence-corrected chi connectivity index (χ1v) is 9.75. The lowest BCUT2D eigenvalue weighted by atomic mass is 10.2. The van der Waals surface area contributed by atoms with E-state index in [1.54, 1.807) is 0 Å². The highest BCUT2D eigenvalue weighted by Crippen LogP contribution is 2.04. The maximum Gasteiger partial charge on any atom is 0.191 e. The van der Waals surface area contributed by atoms with Crippen molar-refractivity contribution in [3.63, 3.8) is 0 Å². The van der Waals surface area contributed by atoms with Gasteiger partial charge in [0, 0.05) is 45.3 Å². The number of aliphatic imine (C=N–C) groups is 1. The molecule has 146 valence electrons. The van der Waals surface area contributed by atoms with Gasteiger partial charge in [-0.2, -0.15) is 0 Å². The standard InChI is InChI=1S/C20H35N5O/c1-4-21-20(23-16-18(2)25-12-14-26-15-13-25)22-10-11-24(3)17-19-8-6-5-7-9-19/h5-9,18H,4,10-17H2,1-3H3,(H2,21,22,23). The highest BCUT2D eigenvalue weighted by Gasteiger charge is 2.16. The molecule has 1 aliphatic heterocycles. The summed E-state index contributed by atoms with van der Waals surface area (Å²) in [4.78, 5) is 9.53. The van der Waals surface area contributed by atoms with Crippen molar-refractivity contribution in [3.8, 4) is 0 Å². The summed E-state index contributed by atoms with van der Waals surface area (Å²) in [6.07, 6.45) is 0. The van der Waals surface area contributed by atoms with Gasteiger partial charge in [-0.1, -0.05) is 30.3 Å². The molecule has 2 rings (SSSR count). The molecule has 6 nitrogen and oxygen atoms in total. The third-order valence-corrected chi connectivity index (χ3v) is 4.61. The minimum absolute atomic E-state index is 0.440. The van der Waals surface area contributed by atoms with E-state index in [4.69, 9.17) is 9.73 Å². The van der Waals surface area contributed by atoms with E-state index in [0.29, 0.717) is 6.04 Å². The van der Waals surface area contributed by atoms with Crippen LogP contribution in [0.5, 0.6) is 0 Å². The Morgan fingerprint density at radius 2 is 1.96 bits per heavy atom. The first-order valence-electron chi connectivity index (χ1n) is 9.75. The molecule has 0 aromatic heterocycles. The third kappa shape index (κ3) is 7.72. The van der Waals surface area contributed by atoms with E-state index in [0.717, 1.165) is 65.0 Å². The summed E-state index contributed by atoms with van der Waals surface area (Å²) >= 11 is 0. The van der Waals surface area contributed by atoms with Crippen molar-refractivity contribution in [2.75, 3.05) is 59.5 Å². The zero-order valence-corrected chi connectivity index (χ0v) is 16.6. The van der Waals surface area contributed by atoms with Gasteiger partial charge in [0.05, 0.1) is 19.8 Å². The Kier molecular flexibility index (Phi) is 9.45. The number of nitrogens with one attached hydrogen (secondary N) is 2. The normalized spacial score (nSPS) is 17.3. The van der Waals surface area contributed by atoms with E-state index in [2.05, 4.69) is 71.7 Å². The van der Waals surface area contributed by atoms with Crippen LogP contribution >= 0.6 is 0 Å². The van der Waals surface area contributed by atoms with E-state index in [1.807, 2.05) is 0 Å². The average molecular weight is 362 g/mol. The molecule has 1 unspecified atom stereocenters. The molecule has 2 N–H and O–H groups in total. The molecule has 1 heterocycles. The number of hydrogen-bond donors (Lipinski definition) is 2. The van der Waals surface area contributed by atoms with Crippen LogP contribution in [0.4, 0.5) is 0 Å². The molecule has 1 saturated heterocycles. The highest BCUT2D eigenvalue weighted by molar-refractivity contribution is 5.79. The summed E-state index contributed by atoms with van der Waals surface area (Å²) < 4.78 is 5.43. The molecule has 1 fully saturated rings. The van der Waals surface area contributed by atoms with Crippen molar-refractivity contribution < 1.29 is 4.74 Å². The number of hydrogen-bond acceptors (Lipinski definition) is 4. The molecule has 0 spiro atoms. The maximum absolute atomic E-state index is 5.43. The van der Waals surface area contributed by atoms with E-state index in [1.165, 1.54) is 5.56 Å². The Hall–Kier alpha value is -1.63. The lowest BCUT2D eigenvalue weighted by molar-refractivity contribution is 0.0220. The minimum atomic E-state index is 0.440. The molecular formula is C20H35N5O. The number of nitrogens with zero attached hydrogens (tertiary/aromatic N) is 3. The fourth-order valence-electron chi connectivity index (χ4n) is 3.04. The van der Waals surface area contributed by atoms with Crippen molar-refractivity contribution in [2.45, 2.75) is 26.4 Å². The lowest BCUT2D eigenvalue weighted by Gasteiger charge is -2.31. The van der Waals surface area contributed by atoms with Crippen LogP contribution in [0.2, 0.25) is 0 Å². The lowest BCUT2D eigenvalue weighted by Crippen LogP contribution is -2.45. The van der Waals surface area contributed by atoms with Gasteiger partial charge in [-0.3, -0.25) is 9.89 Å². The minimum Gasteiger partial charge on any atom is -0.379 e. The van der Waals surface area contributed by atoms with Gasteiger partial charge in [-0.15, -0.1) is 0 Å². The van der Waals surface area contributed by atoms with Crippen LogP contribution in [0.25, 0.3) is 0 Å². The molecule has 0 saturated carbocycles. The average Bonchev–Trinajstić information content (AvgIpc) is 2.67. The second-order valence-corrected chi connectivity index (χ2v) is 6.87. The molecular weight excluding hydrogens is 326 g/mol. The van der Waals surface area contributed by atoms with Gasteiger partial charge in [0.1, 0.15) is 0 Å². The van der Waals surface area contributed by atoms with E-state index < -0.39 is 0 Å². The predicted molar refractivity (Wildman–Crippen MR) is 109 cm³/mol. The molecule has 1 atom stereocenters. The molecule has 26 heavy (non-hydrogen) atoms. The molecule has 1 aromatic carbocycles. The van der Waals surface area contributed by atoms with Crippen molar-refractivity contribution in [1.82, 2.24) is 20.4 Å². The Bertz CT molecular complexity index is 516. The van der Waals surface area contributed by atoms with Gasteiger partial charge in [0.25, 0.3) is 0 Å². The Morgan fingerprint density at radius 3 is 2.65 bits per heavy atom. The fraction of sp³-hybridized carbons (Fsp3) is 0.650. The van der Waals surface area contributed by atoms with Crippen LogP contribution in [0.15, 0.2) is 35.3 Å². The monoisotopic (exact) mass is 361 g/mol. The van der Waals surface area contributed by atoms with Crippen LogP contribution in [0.3, 0.4) is 0 Å². The van der Waals surface area contributed by atoms with E-state index in [-0.39, 0.29) is 0 Å². The maximum atomic E-state index is 5.43. The molecule has 1 aliphatic rings. The highest BCUT2D eigenvalue weighted by atomic mass is 16.5. The van der Waals surface area contributed by atoms with Crippen molar-refractivity contribution >= 4 is 5.96 Å². The number of likely N-dealkylation sites (N-methyl/N-ethyl adjacent to an activating group) is 1. The van der Waals surface area contributed by atoms with Crippen molar-refractivity contribution in [2.24, 2.45) is 4.99 Å². The molecule has 0 bridgehead atoms. The van der Waals surface area contributed by atoms with Gasteiger partial charge < -0.3 is 20.3 Å². The van der Waals surface area contributed by atoms with Crippen LogP contribution in [0, 0.1) is 0 Å². The number of rotatable bonds is 9. The first kappa shape index (κ1) is 20.7. The van der Waals surface area contributed by atoms with Gasteiger partial charge in [0.15, 0.2) is 5.96 Å². The summed E-state index contributed by atoms with van der Waals surface area (Å²) in [7, 11) is 2.15. The summed E-state index contributed by atoms with van der Waals surface area (Å²) in [5.74, 6) is 0.903. The van der Waals surface area contributed by atoms with Gasteiger partial charge in [-0.25, -0.2) is 0 Å². The molecule has 0 aliphatic carbocycles. The zero-order chi connectivity index (χ0) is 18.6. The van der Waals surface area contributed by atoms with Crippen LogP contribution in [0.1, 0.15) is 19.4 Å². The van der Waals surface area contributed by atoms with Gasteiger partial charge in [-0.05, 0) is 26.5 Å². The largest absolute Gasteiger partial charge is 0.379 e. The van der Waals surface area contributed by atoms with Gasteiger partial charge >= 0.3 is 0 Å². The Labute approximate surface area is 158 Å². The topological polar surface area (TPSA) is 52.1 Å². The molecule has 0 radical (unpaired) electrons. The van der Waals surface area contributed by atoms with Crippen LogP contribution < -0.4 is 10.6 Å². The second-order valence-electron chi connectivity index (χ2n) is 6.87. The van der Waals surface area contributed by atoms with Crippen LogP contribution in [-0.4, -0.2) is 81.3 Å². The molecule has 6 heteroatoms. The third-order valence-electron chi connectivity index (χ3n) is 4.61. The summed E-state index contributed by atoms with van der Waals surface area (Å²) in [6.45, 7) is 12.5. The SMILES string of the molecule is CCNC(=NCC(C)N1CCOCC1)NCCN(C)Cc1ccccc1. The van der Waals surface area contributed by atoms with Crippen LogP contribution in [-0.2, 0) is 11.3 Å². The first-order chi connectivity index (χ1) is 12.7. The smallest absolute Gasteiger partial charge is 0.191 e. The summed E-state index contributed by atoms with van der Waals surface area (Å²) in [6, 6.07) is 11.0. The quantitative estimate of drug-likeness (QED) is 0.514. The van der Waals surface area contributed by atoms with Crippen molar-refractivity contribution in [3.05, 3.63) is 35.9 Å². The number of guanidine groups is 1. The number of benzene rings is 1. The summed E-state index contributed by atoms with van der Waals surface area (Å²) in [5, 5.41) is 6.79. The molecule has 0 amide bonds. The van der Waals surface area contributed by atoms with Crippen molar-refractivity contribution in [1.29, 1.82) is 0 Å². The number of ether oxygens (including phenoxy) is 1. The van der Waals surface area contributed by atoms with Gasteiger partial charge in [0.2, 0.25) is 0 Å².